The van der Waals surface area contributed by atoms with Gasteiger partial charge in [0.15, 0.2) is 0 Å². The van der Waals surface area contributed by atoms with Crippen molar-refractivity contribution in [2.24, 2.45) is 0 Å². The Morgan fingerprint density at radius 3 is 3.00 bits per heavy atom. The average molecular weight is 253 g/mol. The van der Waals surface area contributed by atoms with E-state index >= 15 is 0 Å². The quantitative estimate of drug-likeness (QED) is 0.846. The summed E-state index contributed by atoms with van der Waals surface area (Å²) in [6, 6.07) is 0. The van der Waals surface area contributed by atoms with Gasteiger partial charge >= 0.3 is 0 Å². The third-order valence-corrected chi connectivity index (χ3v) is 4.35. The van der Waals surface area contributed by atoms with Crippen molar-refractivity contribution in [2.75, 3.05) is 24.2 Å². The van der Waals surface area contributed by atoms with Crippen molar-refractivity contribution in [3.8, 4) is 0 Å². The SMILES string of the molecule is Nc1nsc(NCCC2CCCO2)c1C1CC1. The van der Waals surface area contributed by atoms with Crippen molar-refractivity contribution in [3.63, 3.8) is 0 Å². The van der Waals surface area contributed by atoms with Crippen LogP contribution in [0.5, 0.6) is 0 Å². The van der Waals surface area contributed by atoms with Gasteiger partial charge in [0.2, 0.25) is 0 Å². The zero-order chi connectivity index (χ0) is 11.7. The van der Waals surface area contributed by atoms with Crippen molar-refractivity contribution >= 4 is 22.4 Å². The van der Waals surface area contributed by atoms with E-state index in [2.05, 4.69) is 9.69 Å². The predicted octanol–water partition coefficient (Wildman–Crippen LogP) is 2.58. The fraction of sp³-hybridized carbons (Fsp3) is 0.750. The van der Waals surface area contributed by atoms with Gasteiger partial charge in [-0.2, -0.15) is 4.37 Å². The highest BCUT2D eigenvalue weighted by molar-refractivity contribution is 7.10. The highest BCUT2D eigenvalue weighted by Gasteiger charge is 2.30. The lowest BCUT2D eigenvalue weighted by Gasteiger charge is -2.10. The Morgan fingerprint density at radius 2 is 2.29 bits per heavy atom. The number of nitrogens with one attached hydrogen (secondary N) is 1. The number of nitrogens with zero attached hydrogens (tertiary/aromatic N) is 1. The number of hydrogen-bond donors (Lipinski definition) is 2. The molecule has 2 fully saturated rings. The molecule has 1 aliphatic heterocycles. The Labute approximate surface area is 106 Å². The molecule has 3 rings (SSSR count). The van der Waals surface area contributed by atoms with Gasteiger partial charge in [0.25, 0.3) is 0 Å². The molecule has 1 unspecified atom stereocenters. The molecule has 0 amide bonds. The third-order valence-electron chi connectivity index (χ3n) is 3.52. The van der Waals surface area contributed by atoms with E-state index in [1.54, 1.807) is 0 Å². The molecule has 5 heteroatoms. The third kappa shape index (κ3) is 2.55. The van der Waals surface area contributed by atoms with Crippen molar-refractivity contribution in [1.82, 2.24) is 4.37 Å². The van der Waals surface area contributed by atoms with Crippen LogP contribution in [0.4, 0.5) is 10.8 Å². The van der Waals surface area contributed by atoms with E-state index in [4.69, 9.17) is 10.5 Å². The molecule has 1 aliphatic carbocycles. The van der Waals surface area contributed by atoms with Crippen LogP contribution in [0, 0.1) is 0 Å². The molecule has 4 nitrogen and oxygen atoms in total. The highest BCUT2D eigenvalue weighted by atomic mass is 32.1. The van der Waals surface area contributed by atoms with E-state index in [1.165, 1.54) is 47.8 Å². The highest BCUT2D eigenvalue weighted by Crippen LogP contribution is 2.47. The van der Waals surface area contributed by atoms with Crippen LogP contribution < -0.4 is 11.1 Å². The predicted molar refractivity (Wildman–Crippen MR) is 70.6 cm³/mol. The molecule has 0 bridgehead atoms. The number of nitrogen functional groups attached to an aromatic ring is 1. The summed E-state index contributed by atoms with van der Waals surface area (Å²) in [6.07, 6.45) is 6.50. The number of hydrogen-bond acceptors (Lipinski definition) is 5. The molecule has 1 aromatic rings. The van der Waals surface area contributed by atoms with Crippen LogP contribution in [0.1, 0.15) is 43.6 Å². The molecule has 2 heterocycles. The van der Waals surface area contributed by atoms with Gasteiger partial charge in [-0.25, -0.2) is 0 Å². The van der Waals surface area contributed by atoms with E-state index in [1.807, 2.05) is 0 Å². The van der Waals surface area contributed by atoms with E-state index in [9.17, 15) is 0 Å². The van der Waals surface area contributed by atoms with Gasteiger partial charge in [-0.1, -0.05) is 0 Å². The second-order valence-corrected chi connectivity index (χ2v) is 5.71. The summed E-state index contributed by atoms with van der Waals surface area (Å²) in [6.45, 7) is 1.90. The first-order chi connectivity index (χ1) is 8.34. The van der Waals surface area contributed by atoms with Crippen LogP contribution in [0.25, 0.3) is 0 Å². The minimum Gasteiger partial charge on any atom is -0.383 e. The van der Waals surface area contributed by atoms with Gasteiger partial charge in [-0.15, -0.1) is 0 Å². The summed E-state index contributed by atoms with van der Waals surface area (Å²) in [5, 5.41) is 4.66. The molecule has 2 aliphatic rings. The normalized spacial score (nSPS) is 24.1. The van der Waals surface area contributed by atoms with Gasteiger partial charge in [0.05, 0.1) is 6.10 Å². The minimum atomic E-state index is 0.456. The molecule has 0 spiro atoms. The molecule has 1 aromatic heterocycles. The van der Waals surface area contributed by atoms with Gasteiger partial charge in [-0.3, -0.25) is 0 Å². The number of anilines is 2. The van der Waals surface area contributed by atoms with Crippen LogP contribution in [0.2, 0.25) is 0 Å². The Bertz CT molecular complexity index is 383. The second kappa shape index (κ2) is 4.82. The van der Waals surface area contributed by atoms with Crippen LogP contribution in [-0.4, -0.2) is 23.6 Å². The summed E-state index contributed by atoms with van der Waals surface area (Å²) < 4.78 is 9.86. The molecular weight excluding hydrogens is 234 g/mol. The van der Waals surface area contributed by atoms with Crippen molar-refractivity contribution in [2.45, 2.75) is 44.1 Å². The molecule has 0 aromatic carbocycles. The van der Waals surface area contributed by atoms with Gasteiger partial charge in [-0.05, 0) is 49.6 Å². The van der Waals surface area contributed by atoms with Crippen LogP contribution in [-0.2, 0) is 4.74 Å². The fourth-order valence-electron chi connectivity index (χ4n) is 2.42. The zero-order valence-corrected chi connectivity index (χ0v) is 10.8. The number of aromatic nitrogens is 1. The summed E-state index contributed by atoms with van der Waals surface area (Å²) in [5.41, 5.74) is 7.18. The molecule has 94 valence electrons. The lowest BCUT2D eigenvalue weighted by molar-refractivity contribution is 0.107. The Hall–Kier alpha value is -0.810. The van der Waals surface area contributed by atoms with E-state index in [0.29, 0.717) is 12.0 Å². The summed E-state index contributed by atoms with van der Waals surface area (Å²) in [4.78, 5) is 0. The second-order valence-electron chi connectivity index (χ2n) is 4.94. The molecule has 1 saturated heterocycles. The van der Waals surface area contributed by atoms with Crippen LogP contribution >= 0.6 is 11.5 Å². The topological polar surface area (TPSA) is 60.2 Å². The Balaban J connectivity index is 1.53. The van der Waals surface area contributed by atoms with E-state index in [-0.39, 0.29) is 0 Å². The molecular formula is C12H19N3OS. The first kappa shape index (κ1) is 11.3. The van der Waals surface area contributed by atoms with Gasteiger partial charge in [0, 0.05) is 18.7 Å². The standard InChI is InChI=1S/C12H19N3OS/c13-11-10(8-3-4-8)12(17-15-11)14-6-5-9-2-1-7-16-9/h8-9,14H,1-7H2,(H2,13,15). The van der Waals surface area contributed by atoms with E-state index in [0.717, 1.165) is 25.4 Å². The lowest BCUT2D eigenvalue weighted by atomic mass is 10.2. The summed E-state index contributed by atoms with van der Waals surface area (Å²) in [7, 11) is 0. The van der Waals surface area contributed by atoms with Crippen LogP contribution in [0.3, 0.4) is 0 Å². The van der Waals surface area contributed by atoms with Crippen molar-refractivity contribution < 1.29 is 4.74 Å². The molecule has 1 saturated carbocycles. The Morgan fingerprint density at radius 1 is 1.41 bits per heavy atom. The van der Waals surface area contributed by atoms with Crippen molar-refractivity contribution in [1.29, 1.82) is 0 Å². The first-order valence-corrected chi connectivity index (χ1v) is 7.22. The van der Waals surface area contributed by atoms with E-state index < -0.39 is 0 Å². The zero-order valence-electron chi connectivity index (χ0n) is 9.95. The Kier molecular flexibility index (Phi) is 3.20. The first-order valence-electron chi connectivity index (χ1n) is 6.45. The van der Waals surface area contributed by atoms with Crippen molar-refractivity contribution in [3.05, 3.63) is 5.56 Å². The molecule has 17 heavy (non-hydrogen) atoms. The minimum absolute atomic E-state index is 0.456. The molecule has 1 atom stereocenters. The molecule has 3 N–H and O–H groups in total. The smallest absolute Gasteiger partial charge is 0.142 e. The summed E-state index contributed by atoms with van der Waals surface area (Å²) >= 11 is 1.50. The van der Waals surface area contributed by atoms with Crippen LogP contribution in [0.15, 0.2) is 0 Å². The fourth-order valence-corrected chi connectivity index (χ4v) is 3.25. The maximum Gasteiger partial charge on any atom is 0.142 e. The number of rotatable bonds is 5. The number of nitrogens with two attached hydrogens (primary N) is 1. The maximum atomic E-state index is 5.91. The van der Waals surface area contributed by atoms with Gasteiger partial charge < -0.3 is 15.8 Å². The number of ether oxygens (including phenoxy) is 1. The average Bonchev–Trinajstić information content (AvgIpc) is 2.88. The largest absolute Gasteiger partial charge is 0.383 e. The maximum absolute atomic E-state index is 5.91. The van der Waals surface area contributed by atoms with Gasteiger partial charge in [0.1, 0.15) is 10.8 Å². The summed E-state index contributed by atoms with van der Waals surface area (Å²) in [5.74, 6) is 1.40. The lowest BCUT2D eigenvalue weighted by Crippen LogP contribution is -2.12. The monoisotopic (exact) mass is 253 g/mol. The molecule has 0 radical (unpaired) electrons.